The van der Waals surface area contributed by atoms with E-state index < -0.39 is 0 Å². The largest absolute Gasteiger partial charge is 0.467 e. The monoisotopic (exact) mass is 297 g/mol. The van der Waals surface area contributed by atoms with Crippen LogP contribution in [0.1, 0.15) is 18.6 Å². The molecule has 2 heterocycles. The maximum absolute atomic E-state index is 12.2. The molecule has 6 heteroatoms. The first kappa shape index (κ1) is 14.1. The maximum Gasteiger partial charge on any atom is 0.267 e. The highest BCUT2D eigenvalue weighted by molar-refractivity contribution is 6.40. The van der Waals surface area contributed by atoms with Gasteiger partial charge in [0.25, 0.3) is 5.91 Å². The Bertz CT molecular complexity index is 693. The predicted octanol–water partition coefficient (Wildman–Crippen LogP) is 2.08. The molecule has 0 bridgehead atoms. The van der Waals surface area contributed by atoms with Crippen molar-refractivity contribution in [3.05, 3.63) is 54.5 Å². The van der Waals surface area contributed by atoms with Crippen molar-refractivity contribution >= 4 is 23.2 Å². The van der Waals surface area contributed by atoms with Gasteiger partial charge < -0.3 is 9.73 Å². The van der Waals surface area contributed by atoms with E-state index in [2.05, 4.69) is 10.4 Å². The number of para-hydroxylation sites is 1. The van der Waals surface area contributed by atoms with Crippen LogP contribution in [-0.4, -0.2) is 17.5 Å². The lowest BCUT2D eigenvalue weighted by Crippen LogP contribution is -2.38. The van der Waals surface area contributed by atoms with Gasteiger partial charge in [-0.15, -0.1) is 0 Å². The molecule has 2 amide bonds. The number of benzene rings is 1. The zero-order valence-corrected chi connectivity index (χ0v) is 11.9. The summed E-state index contributed by atoms with van der Waals surface area (Å²) in [5.41, 5.74) is 0.999. The van der Waals surface area contributed by atoms with Crippen LogP contribution in [-0.2, 0) is 16.1 Å². The molecule has 0 unspecified atom stereocenters. The number of nitrogens with zero attached hydrogens (tertiary/aromatic N) is 2. The summed E-state index contributed by atoms with van der Waals surface area (Å²) in [6, 6.07) is 12.6. The summed E-state index contributed by atoms with van der Waals surface area (Å²) in [6.07, 6.45) is 2.16. The van der Waals surface area contributed by atoms with Gasteiger partial charge in [-0.1, -0.05) is 18.2 Å². The molecule has 1 aromatic carbocycles. The third-order valence-corrected chi connectivity index (χ3v) is 3.30. The number of rotatable bonds is 4. The number of hydrogen-bond donors (Lipinski definition) is 1. The lowest BCUT2D eigenvalue weighted by Gasteiger charge is -2.23. The highest BCUT2D eigenvalue weighted by atomic mass is 16.3. The topological polar surface area (TPSA) is 74.9 Å². The molecule has 3 rings (SSSR count). The van der Waals surface area contributed by atoms with Crippen LogP contribution >= 0.6 is 0 Å². The van der Waals surface area contributed by atoms with Gasteiger partial charge in [0.2, 0.25) is 5.91 Å². The molecule has 0 radical (unpaired) electrons. The SMILES string of the molecule is O=C(NCc1ccco1)C1=NN(c2ccccc2)C(=O)CC1. The van der Waals surface area contributed by atoms with Gasteiger partial charge in [0.1, 0.15) is 11.5 Å². The van der Waals surface area contributed by atoms with Crippen LogP contribution in [0.2, 0.25) is 0 Å². The minimum absolute atomic E-state index is 0.117. The molecule has 0 saturated carbocycles. The number of anilines is 1. The predicted molar refractivity (Wildman–Crippen MR) is 81.2 cm³/mol. The Morgan fingerprint density at radius 3 is 2.73 bits per heavy atom. The van der Waals surface area contributed by atoms with Gasteiger partial charge in [-0.25, -0.2) is 5.01 Å². The molecule has 1 N–H and O–H groups in total. The van der Waals surface area contributed by atoms with E-state index in [0.717, 1.165) is 0 Å². The minimum Gasteiger partial charge on any atom is -0.467 e. The summed E-state index contributed by atoms with van der Waals surface area (Å²) in [5, 5.41) is 8.21. The fourth-order valence-corrected chi connectivity index (χ4v) is 2.17. The molecule has 0 aliphatic carbocycles. The van der Waals surface area contributed by atoms with Gasteiger partial charge in [0.05, 0.1) is 18.5 Å². The maximum atomic E-state index is 12.2. The zero-order chi connectivity index (χ0) is 15.4. The number of carbonyl (C=O) groups is 2. The summed E-state index contributed by atoms with van der Waals surface area (Å²) in [4.78, 5) is 24.1. The molecule has 1 aliphatic rings. The van der Waals surface area contributed by atoms with E-state index in [0.29, 0.717) is 30.1 Å². The van der Waals surface area contributed by atoms with Crippen molar-refractivity contribution < 1.29 is 14.0 Å². The first-order chi connectivity index (χ1) is 10.7. The van der Waals surface area contributed by atoms with E-state index in [-0.39, 0.29) is 18.2 Å². The standard InChI is InChI=1S/C16H15N3O3/c20-15-9-8-14(16(21)17-11-13-7-4-10-22-13)18-19(15)12-5-2-1-3-6-12/h1-7,10H,8-9,11H2,(H,17,21). The van der Waals surface area contributed by atoms with E-state index >= 15 is 0 Å². The van der Waals surface area contributed by atoms with Crippen LogP contribution in [0.15, 0.2) is 58.2 Å². The van der Waals surface area contributed by atoms with Gasteiger partial charge in [0, 0.05) is 12.8 Å². The van der Waals surface area contributed by atoms with Crippen molar-refractivity contribution in [2.45, 2.75) is 19.4 Å². The highest BCUT2D eigenvalue weighted by Crippen LogP contribution is 2.19. The number of carbonyl (C=O) groups excluding carboxylic acids is 2. The molecular weight excluding hydrogens is 282 g/mol. The molecule has 0 spiro atoms. The minimum atomic E-state index is -0.287. The Morgan fingerprint density at radius 2 is 2.00 bits per heavy atom. The first-order valence-electron chi connectivity index (χ1n) is 7.00. The van der Waals surface area contributed by atoms with Crippen molar-refractivity contribution in [3.63, 3.8) is 0 Å². The van der Waals surface area contributed by atoms with Crippen LogP contribution in [0.3, 0.4) is 0 Å². The molecule has 0 fully saturated rings. The van der Waals surface area contributed by atoms with E-state index in [1.54, 1.807) is 30.5 Å². The lowest BCUT2D eigenvalue weighted by atomic mass is 10.1. The molecule has 22 heavy (non-hydrogen) atoms. The molecule has 112 valence electrons. The number of nitrogens with one attached hydrogen (secondary N) is 1. The summed E-state index contributed by atoms with van der Waals surface area (Å²) in [5.74, 6) is 0.263. The first-order valence-corrected chi connectivity index (χ1v) is 7.00. The second kappa shape index (κ2) is 6.26. The van der Waals surface area contributed by atoms with Gasteiger partial charge in [-0.2, -0.15) is 5.10 Å². The number of amides is 2. The quantitative estimate of drug-likeness (QED) is 0.938. The van der Waals surface area contributed by atoms with E-state index in [4.69, 9.17) is 4.42 Å². The van der Waals surface area contributed by atoms with Gasteiger partial charge in [-0.05, 0) is 24.3 Å². The average Bonchev–Trinajstić information content (AvgIpc) is 3.07. The van der Waals surface area contributed by atoms with Crippen molar-refractivity contribution in [2.24, 2.45) is 5.10 Å². The second-order valence-corrected chi connectivity index (χ2v) is 4.85. The van der Waals surface area contributed by atoms with Crippen LogP contribution in [0, 0.1) is 0 Å². The molecule has 0 atom stereocenters. The van der Waals surface area contributed by atoms with Crippen LogP contribution in [0.4, 0.5) is 5.69 Å². The summed E-state index contributed by atoms with van der Waals surface area (Å²) in [6.45, 7) is 0.296. The second-order valence-electron chi connectivity index (χ2n) is 4.85. The van der Waals surface area contributed by atoms with Crippen molar-refractivity contribution in [2.75, 3.05) is 5.01 Å². The molecule has 1 aromatic heterocycles. The van der Waals surface area contributed by atoms with E-state index in [1.165, 1.54) is 5.01 Å². The van der Waals surface area contributed by atoms with E-state index in [1.807, 2.05) is 18.2 Å². The van der Waals surface area contributed by atoms with Crippen LogP contribution in [0.5, 0.6) is 0 Å². The third-order valence-electron chi connectivity index (χ3n) is 3.30. The smallest absolute Gasteiger partial charge is 0.267 e. The lowest BCUT2D eigenvalue weighted by molar-refractivity contribution is -0.119. The van der Waals surface area contributed by atoms with Crippen LogP contribution < -0.4 is 10.3 Å². The average molecular weight is 297 g/mol. The van der Waals surface area contributed by atoms with Gasteiger partial charge in [0.15, 0.2) is 0 Å². The Kier molecular flexibility index (Phi) is 4.00. The molecule has 0 saturated heterocycles. The zero-order valence-electron chi connectivity index (χ0n) is 11.9. The fourth-order valence-electron chi connectivity index (χ4n) is 2.17. The number of hydrogen-bond acceptors (Lipinski definition) is 4. The summed E-state index contributed by atoms with van der Waals surface area (Å²) < 4.78 is 5.16. The molecule has 2 aromatic rings. The number of furan rings is 1. The molecule has 1 aliphatic heterocycles. The summed E-state index contributed by atoms with van der Waals surface area (Å²) >= 11 is 0. The van der Waals surface area contributed by atoms with Crippen molar-refractivity contribution in [1.29, 1.82) is 0 Å². The highest BCUT2D eigenvalue weighted by Gasteiger charge is 2.25. The third kappa shape index (κ3) is 3.06. The Hall–Kier alpha value is -2.89. The molecule has 6 nitrogen and oxygen atoms in total. The van der Waals surface area contributed by atoms with Crippen molar-refractivity contribution in [1.82, 2.24) is 5.32 Å². The summed E-state index contributed by atoms with van der Waals surface area (Å²) in [7, 11) is 0. The Balaban J connectivity index is 1.72. The Morgan fingerprint density at radius 1 is 1.18 bits per heavy atom. The van der Waals surface area contributed by atoms with Gasteiger partial charge >= 0.3 is 0 Å². The van der Waals surface area contributed by atoms with Crippen LogP contribution in [0.25, 0.3) is 0 Å². The van der Waals surface area contributed by atoms with Gasteiger partial charge in [-0.3, -0.25) is 9.59 Å². The number of hydrazone groups is 1. The van der Waals surface area contributed by atoms with E-state index in [9.17, 15) is 9.59 Å². The Labute approximate surface area is 127 Å². The van der Waals surface area contributed by atoms with Crippen molar-refractivity contribution in [3.8, 4) is 0 Å². The normalized spacial score (nSPS) is 14.6. The fraction of sp³-hybridized carbons (Fsp3) is 0.188. The molecular formula is C16H15N3O3.